The number of fused-ring (bicyclic) bond motifs is 3. The molecule has 0 saturated carbocycles. The van der Waals surface area contributed by atoms with Crippen LogP contribution in [0, 0.1) is 20.8 Å². The number of anilines is 1. The van der Waals surface area contributed by atoms with Gasteiger partial charge in [0.2, 0.25) is 5.91 Å². The van der Waals surface area contributed by atoms with Gasteiger partial charge in [0, 0.05) is 42.0 Å². The summed E-state index contributed by atoms with van der Waals surface area (Å²) >= 11 is 1.58. The van der Waals surface area contributed by atoms with E-state index >= 15 is 0 Å². The van der Waals surface area contributed by atoms with Crippen molar-refractivity contribution in [1.29, 1.82) is 0 Å². The van der Waals surface area contributed by atoms with E-state index in [0.29, 0.717) is 18.5 Å². The minimum Gasteiger partial charge on any atom is -0.368 e. The SMILES string of the molecule is Cc1cccc(N2CCN(C(=O)C(C)n3nc(C)c4sc5ccccc5c4c3=O)CC2)c1C. The number of carbonyl (C=O) groups excluding carboxylic acids is 1. The van der Waals surface area contributed by atoms with E-state index in [4.69, 9.17) is 0 Å². The summed E-state index contributed by atoms with van der Waals surface area (Å²) in [5, 5.41) is 6.16. The average Bonchev–Trinajstić information content (AvgIpc) is 3.23. The molecule has 170 valence electrons. The molecule has 0 spiro atoms. The largest absolute Gasteiger partial charge is 0.368 e. The highest BCUT2D eigenvalue weighted by atomic mass is 32.1. The molecule has 4 aromatic rings. The van der Waals surface area contributed by atoms with Crippen molar-refractivity contribution in [3.63, 3.8) is 0 Å². The van der Waals surface area contributed by atoms with Gasteiger partial charge in [-0.15, -0.1) is 11.3 Å². The minimum atomic E-state index is -0.647. The molecule has 1 fully saturated rings. The lowest BCUT2D eigenvalue weighted by atomic mass is 10.1. The van der Waals surface area contributed by atoms with Gasteiger partial charge in [0.15, 0.2) is 0 Å². The fraction of sp³-hybridized carbons (Fsp3) is 0.346. The summed E-state index contributed by atoms with van der Waals surface area (Å²) in [6, 6.07) is 13.6. The molecule has 2 aromatic carbocycles. The highest BCUT2D eigenvalue weighted by Crippen LogP contribution is 2.33. The zero-order valence-electron chi connectivity index (χ0n) is 19.5. The van der Waals surface area contributed by atoms with Crippen molar-refractivity contribution in [2.45, 2.75) is 33.7 Å². The average molecular weight is 461 g/mol. The highest BCUT2D eigenvalue weighted by Gasteiger charge is 2.29. The Morgan fingerprint density at radius 2 is 1.73 bits per heavy atom. The van der Waals surface area contributed by atoms with Gasteiger partial charge < -0.3 is 9.80 Å². The number of thiophene rings is 1. The monoisotopic (exact) mass is 460 g/mol. The summed E-state index contributed by atoms with van der Waals surface area (Å²) < 4.78 is 3.35. The van der Waals surface area contributed by atoms with Crippen LogP contribution in [0.4, 0.5) is 5.69 Å². The third-order valence-corrected chi connectivity index (χ3v) is 8.12. The quantitative estimate of drug-likeness (QED) is 0.453. The molecule has 6 nitrogen and oxygen atoms in total. The second-order valence-electron chi connectivity index (χ2n) is 8.84. The first kappa shape index (κ1) is 21.6. The Kier molecular flexibility index (Phi) is 5.44. The van der Waals surface area contributed by atoms with E-state index in [1.807, 2.05) is 36.1 Å². The van der Waals surface area contributed by atoms with Crippen LogP contribution in [0.25, 0.3) is 20.2 Å². The van der Waals surface area contributed by atoms with Gasteiger partial charge in [-0.2, -0.15) is 5.10 Å². The third-order valence-electron chi connectivity index (χ3n) is 6.84. The predicted molar refractivity (Wildman–Crippen MR) is 136 cm³/mol. The lowest BCUT2D eigenvalue weighted by molar-refractivity contribution is -0.135. The Bertz CT molecular complexity index is 1430. The number of aryl methyl sites for hydroxylation is 2. The van der Waals surface area contributed by atoms with Crippen molar-refractivity contribution in [3.05, 3.63) is 69.6 Å². The first-order valence-electron chi connectivity index (χ1n) is 11.4. The molecule has 2 aromatic heterocycles. The number of nitrogens with zero attached hydrogens (tertiary/aromatic N) is 4. The van der Waals surface area contributed by atoms with E-state index in [0.717, 1.165) is 33.6 Å². The molecule has 1 unspecified atom stereocenters. The van der Waals surface area contributed by atoms with E-state index in [1.54, 1.807) is 18.3 Å². The van der Waals surface area contributed by atoms with Crippen LogP contribution in [0.2, 0.25) is 0 Å². The van der Waals surface area contributed by atoms with Gasteiger partial charge in [-0.3, -0.25) is 9.59 Å². The Balaban J connectivity index is 1.40. The number of carbonyl (C=O) groups is 1. The standard InChI is InChI=1S/C26H28N4O2S/c1-16-8-7-10-21(17(16)2)28-12-14-29(15-13-28)25(31)19(4)30-26(32)23-20-9-5-6-11-22(20)33-24(23)18(3)27-30/h5-11,19H,12-15H2,1-4H3. The molecule has 3 heterocycles. The lowest BCUT2D eigenvalue weighted by Crippen LogP contribution is -2.51. The Labute approximate surface area is 197 Å². The van der Waals surface area contributed by atoms with Crippen LogP contribution in [-0.4, -0.2) is 46.8 Å². The zero-order valence-corrected chi connectivity index (χ0v) is 20.3. The van der Waals surface area contributed by atoms with Crippen LogP contribution in [0.1, 0.15) is 29.8 Å². The Morgan fingerprint density at radius 3 is 2.48 bits per heavy atom. The van der Waals surface area contributed by atoms with Crippen LogP contribution in [0.15, 0.2) is 47.3 Å². The molecular formula is C26H28N4O2S. The van der Waals surface area contributed by atoms with E-state index < -0.39 is 6.04 Å². The summed E-state index contributed by atoms with van der Waals surface area (Å²) in [5.74, 6) is -0.0523. The topological polar surface area (TPSA) is 58.4 Å². The van der Waals surface area contributed by atoms with Crippen LogP contribution in [0.3, 0.4) is 0 Å². The molecular weight excluding hydrogens is 432 g/mol. The maximum atomic E-state index is 13.4. The molecule has 33 heavy (non-hydrogen) atoms. The Hall–Kier alpha value is -3.19. The summed E-state index contributed by atoms with van der Waals surface area (Å²) in [5.41, 5.74) is 4.39. The normalized spacial score (nSPS) is 15.4. The maximum Gasteiger partial charge on any atom is 0.276 e. The molecule has 5 rings (SSSR count). The van der Waals surface area contributed by atoms with Crippen molar-refractivity contribution >= 4 is 43.1 Å². The second kappa shape index (κ2) is 8.30. The van der Waals surface area contributed by atoms with Crippen molar-refractivity contribution in [1.82, 2.24) is 14.7 Å². The van der Waals surface area contributed by atoms with Gasteiger partial charge in [-0.05, 0) is 51.0 Å². The van der Waals surface area contributed by atoms with E-state index in [-0.39, 0.29) is 11.5 Å². The molecule has 0 N–H and O–H groups in total. The van der Waals surface area contributed by atoms with Crippen LogP contribution in [0.5, 0.6) is 0 Å². The van der Waals surface area contributed by atoms with E-state index in [9.17, 15) is 9.59 Å². The lowest BCUT2D eigenvalue weighted by Gasteiger charge is -2.38. The summed E-state index contributed by atoms with van der Waals surface area (Å²) in [4.78, 5) is 31.0. The molecule has 7 heteroatoms. The highest BCUT2D eigenvalue weighted by molar-refractivity contribution is 7.26. The van der Waals surface area contributed by atoms with Crippen molar-refractivity contribution in [2.24, 2.45) is 0 Å². The van der Waals surface area contributed by atoms with Crippen LogP contribution >= 0.6 is 11.3 Å². The van der Waals surface area contributed by atoms with Gasteiger partial charge in [0.1, 0.15) is 6.04 Å². The van der Waals surface area contributed by atoms with Crippen LogP contribution in [-0.2, 0) is 4.79 Å². The number of piperazine rings is 1. The van der Waals surface area contributed by atoms with Gasteiger partial charge in [0.25, 0.3) is 5.56 Å². The van der Waals surface area contributed by atoms with Crippen molar-refractivity contribution in [2.75, 3.05) is 31.1 Å². The molecule has 0 bridgehead atoms. The van der Waals surface area contributed by atoms with Crippen molar-refractivity contribution in [3.8, 4) is 0 Å². The van der Waals surface area contributed by atoms with E-state index in [2.05, 4.69) is 42.0 Å². The molecule has 1 atom stereocenters. The fourth-order valence-corrected chi connectivity index (χ4v) is 5.89. The number of aromatic nitrogens is 2. The van der Waals surface area contributed by atoms with Crippen molar-refractivity contribution < 1.29 is 4.79 Å². The number of hydrogen-bond donors (Lipinski definition) is 0. The number of benzene rings is 2. The summed E-state index contributed by atoms with van der Waals surface area (Å²) in [7, 11) is 0. The third kappa shape index (κ3) is 3.60. The first-order chi connectivity index (χ1) is 15.9. The molecule has 1 aliphatic heterocycles. The van der Waals surface area contributed by atoms with Gasteiger partial charge in [0.05, 0.1) is 15.8 Å². The molecule has 1 aliphatic rings. The van der Waals surface area contributed by atoms with Gasteiger partial charge >= 0.3 is 0 Å². The van der Waals surface area contributed by atoms with E-state index in [1.165, 1.54) is 21.5 Å². The maximum absolute atomic E-state index is 13.4. The molecule has 1 saturated heterocycles. The Morgan fingerprint density at radius 1 is 1.00 bits per heavy atom. The smallest absolute Gasteiger partial charge is 0.276 e. The molecule has 0 aliphatic carbocycles. The minimum absolute atomic E-state index is 0.0523. The summed E-state index contributed by atoms with van der Waals surface area (Å²) in [6.07, 6.45) is 0. The van der Waals surface area contributed by atoms with Gasteiger partial charge in [-0.25, -0.2) is 4.68 Å². The molecule has 0 radical (unpaired) electrons. The zero-order chi connectivity index (χ0) is 23.3. The summed E-state index contributed by atoms with van der Waals surface area (Å²) in [6.45, 7) is 10.8. The van der Waals surface area contributed by atoms with Gasteiger partial charge in [-0.1, -0.05) is 30.3 Å². The van der Waals surface area contributed by atoms with Crippen LogP contribution < -0.4 is 10.5 Å². The first-order valence-corrected chi connectivity index (χ1v) is 12.2. The number of amides is 1. The number of hydrogen-bond acceptors (Lipinski definition) is 5. The second-order valence-corrected chi connectivity index (χ2v) is 9.90. The number of rotatable bonds is 3. The molecule has 1 amide bonds. The fourth-order valence-electron chi connectivity index (χ4n) is 4.76. The predicted octanol–water partition coefficient (Wildman–Crippen LogP) is 4.45.